The summed E-state index contributed by atoms with van der Waals surface area (Å²) in [7, 11) is 0. The van der Waals surface area contributed by atoms with Gasteiger partial charge in [-0.25, -0.2) is 4.39 Å². The smallest absolute Gasteiger partial charge is 0.227 e. The van der Waals surface area contributed by atoms with Crippen LogP contribution in [0.3, 0.4) is 0 Å². The molecule has 21 heavy (non-hydrogen) atoms. The van der Waals surface area contributed by atoms with Gasteiger partial charge in [-0.05, 0) is 43.3 Å². The molecule has 0 saturated heterocycles. The number of benzene rings is 2. The van der Waals surface area contributed by atoms with Crippen LogP contribution in [-0.2, 0) is 4.79 Å². The lowest BCUT2D eigenvalue weighted by Gasteiger charge is -2.09. The fraction of sp³-hybridized carbons (Fsp3) is 0.188. The lowest BCUT2D eigenvalue weighted by atomic mass is 10.2. The summed E-state index contributed by atoms with van der Waals surface area (Å²) in [4.78, 5) is 11.8. The van der Waals surface area contributed by atoms with Gasteiger partial charge in [0.25, 0.3) is 0 Å². The molecule has 4 nitrogen and oxygen atoms in total. The Hall–Kier alpha value is -2.56. The predicted octanol–water partition coefficient (Wildman–Crippen LogP) is 3.12. The lowest BCUT2D eigenvalue weighted by molar-refractivity contribution is -0.116. The summed E-state index contributed by atoms with van der Waals surface area (Å²) >= 11 is 0. The molecule has 0 spiro atoms. The highest BCUT2D eigenvalue weighted by Gasteiger charge is 2.07. The monoisotopic (exact) mass is 288 g/mol. The average Bonchev–Trinajstić information content (AvgIpc) is 2.46. The van der Waals surface area contributed by atoms with E-state index in [0.717, 1.165) is 0 Å². The molecule has 0 aliphatic heterocycles. The summed E-state index contributed by atoms with van der Waals surface area (Å²) < 4.78 is 18.8. The normalized spacial score (nSPS) is 10.2. The van der Waals surface area contributed by atoms with Gasteiger partial charge in [0.1, 0.15) is 11.6 Å². The molecule has 2 aromatic rings. The van der Waals surface area contributed by atoms with Crippen molar-refractivity contribution in [2.45, 2.75) is 13.3 Å². The molecule has 0 fully saturated rings. The quantitative estimate of drug-likeness (QED) is 0.831. The topological polar surface area (TPSA) is 64.3 Å². The van der Waals surface area contributed by atoms with Crippen molar-refractivity contribution in [3.63, 3.8) is 0 Å². The summed E-state index contributed by atoms with van der Waals surface area (Å²) in [6, 6.07) is 11.5. The van der Waals surface area contributed by atoms with Crippen LogP contribution in [-0.4, -0.2) is 12.5 Å². The Bertz CT molecular complexity index is 627. The Labute approximate surface area is 122 Å². The molecule has 0 unspecified atom stereocenters. The van der Waals surface area contributed by atoms with Crippen LogP contribution in [0.5, 0.6) is 5.75 Å². The number of halogens is 1. The van der Waals surface area contributed by atoms with Gasteiger partial charge in [-0.3, -0.25) is 4.79 Å². The van der Waals surface area contributed by atoms with Gasteiger partial charge in [-0.15, -0.1) is 0 Å². The number of carbonyl (C=O) groups is 1. The van der Waals surface area contributed by atoms with E-state index < -0.39 is 0 Å². The minimum atomic E-state index is -0.342. The number of nitrogens with two attached hydrogens (primary N) is 1. The highest BCUT2D eigenvalue weighted by molar-refractivity contribution is 5.91. The number of nitrogen functional groups attached to an aromatic ring is 1. The molecule has 0 atom stereocenters. The number of hydrogen-bond acceptors (Lipinski definition) is 3. The van der Waals surface area contributed by atoms with E-state index in [2.05, 4.69) is 5.32 Å². The van der Waals surface area contributed by atoms with Crippen LogP contribution < -0.4 is 15.8 Å². The van der Waals surface area contributed by atoms with E-state index in [9.17, 15) is 9.18 Å². The number of anilines is 2. The van der Waals surface area contributed by atoms with E-state index in [1.165, 1.54) is 6.07 Å². The first-order valence-electron chi connectivity index (χ1n) is 6.59. The number of carbonyl (C=O) groups excluding carboxylic acids is 1. The summed E-state index contributed by atoms with van der Waals surface area (Å²) in [6.45, 7) is 1.86. The van der Waals surface area contributed by atoms with Crippen molar-refractivity contribution in [1.29, 1.82) is 0 Å². The van der Waals surface area contributed by atoms with Crippen molar-refractivity contribution < 1.29 is 13.9 Å². The second kappa shape index (κ2) is 6.74. The van der Waals surface area contributed by atoms with Crippen molar-refractivity contribution in [2.24, 2.45) is 0 Å². The number of rotatable bonds is 5. The fourth-order valence-corrected chi connectivity index (χ4v) is 1.78. The molecule has 3 N–H and O–H groups in total. The van der Waals surface area contributed by atoms with Gasteiger partial charge in [0, 0.05) is 16.9 Å². The molecular weight excluding hydrogens is 271 g/mol. The second-order valence-corrected chi connectivity index (χ2v) is 4.63. The molecule has 1 amide bonds. The number of amides is 1. The molecule has 0 heterocycles. The molecule has 2 rings (SSSR count). The Morgan fingerprint density at radius 1 is 1.24 bits per heavy atom. The van der Waals surface area contributed by atoms with Crippen molar-refractivity contribution >= 4 is 17.3 Å². The zero-order valence-corrected chi connectivity index (χ0v) is 11.7. The maximum atomic E-state index is 13.3. The van der Waals surface area contributed by atoms with Crippen LogP contribution in [0.1, 0.15) is 12.0 Å². The Morgan fingerprint density at radius 2 is 1.95 bits per heavy atom. The van der Waals surface area contributed by atoms with Crippen LogP contribution >= 0.6 is 0 Å². The number of nitrogens with one attached hydrogen (secondary N) is 1. The minimum Gasteiger partial charge on any atom is -0.493 e. The first-order chi connectivity index (χ1) is 10.1. The molecule has 0 aliphatic carbocycles. The van der Waals surface area contributed by atoms with Gasteiger partial charge in [0.2, 0.25) is 5.91 Å². The van der Waals surface area contributed by atoms with E-state index in [0.29, 0.717) is 22.7 Å². The third-order valence-corrected chi connectivity index (χ3v) is 3.02. The standard InChI is InChI=1S/C16H17FN2O2/c1-11-14(17)3-2-4-15(11)19-16(20)9-10-21-13-7-5-12(18)6-8-13/h2-8H,9-10,18H2,1H3,(H,19,20). The Kier molecular flexibility index (Phi) is 4.77. The van der Waals surface area contributed by atoms with Gasteiger partial charge < -0.3 is 15.8 Å². The van der Waals surface area contributed by atoms with Crippen molar-refractivity contribution in [2.75, 3.05) is 17.7 Å². The number of hydrogen-bond donors (Lipinski definition) is 2. The van der Waals surface area contributed by atoms with Crippen molar-refractivity contribution in [3.05, 3.63) is 53.8 Å². The maximum Gasteiger partial charge on any atom is 0.227 e. The minimum absolute atomic E-state index is 0.181. The zero-order chi connectivity index (χ0) is 15.2. The van der Waals surface area contributed by atoms with E-state index in [1.54, 1.807) is 43.3 Å². The number of ether oxygens (including phenoxy) is 1. The molecule has 110 valence electrons. The van der Waals surface area contributed by atoms with Crippen LogP contribution in [0.25, 0.3) is 0 Å². The van der Waals surface area contributed by atoms with Crippen LogP contribution in [0.2, 0.25) is 0 Å². The zero-order valence-electron chi connectivity index (χ0n) is 11.7. The van der Waals surface area contributed by atoms with Gasteiger partial charge in [0.15, 0.2) is 0 Å². The van der Waals surface area contributed by atoms with Crippen molar-refractivity contribution in [1.82, 2.24) is 0 Å². The first-order valence-corrected chi connectivity index (χ1v) is 6.59. The first kappa shape index (κ1) is 14.8. The van der Waals surface area contributed by atoms with Gasteiger partial charge in [-0.1, -0.05) is 6.07 Å². The largest absolute Gasteiger partial charge is 0.493 e. The van der Waals surface area contributed by atoms with E-state index in [-0.39, 0.29) is 24.8 Å². The van der Waals surface area contributed by atoms with Gasteiger partial charge in [-0.2, -0.15) is 0 Å². The summed E-state index contributed by atoms with van der Waals surface area (Å²) in [5, 5.41) is 2.67. The molecule has 0 bridgehead atoms. The Morgan fingerprint density at radius 3 is 2.67 bits per heavy atom. The molecule has 0 radical (unpaired) electrons. The van der Waals surface area contributed by atoms with E-state index in [4.69, 9.17) is 10.5 Å². The third-order valence-electron chi connectivity index (χ3n) is 3.02. The molecular formula is C16H17FN2O2. The molecule has 0 aliphatic rings. The van der Waals surface area contributed by atoms with Crippen molar-refractivity contribution in [3.8, 4) is 5.75 Å². The maximum absolute atomic E-state index is 13.3. The van der Waals surface area contributed by atoms with Crippen LogP contribution in [0, 0.1) is 12.7 Å². The average molecular weight is 288 g/mol. The molecule has 0 saturated carbocycles. The molecule has 5 heteroatoms. The predicted molar refractivity (Wildman–Crippen MR) is 80.7 cm³/mol. The molecule has 2 aromatic carbocycles. The summed E-state index contributed by atoms with van der Waals surface area (Å²) in [5.41, 5.74) is 7.12. The highest BCUT2D eigenvalue weighted by atomic mass is 19.1. The summed E-state index contributed by atoms with van der Waals surface area (Å²) in [6.07, 6.45) is 0.181. The third kappa shape index (κ3) is 4.21. The van der Waals surface area contributed by atoms with Crippen LogP contribution in [0.4, 0.5) is 15.8 Å². The molecule has 0 aromatic heterocycles. The SMILES string of the molecule is Cc1c(F)cccc1NC(=O)CCOc1ccc(N)cc1. The fourth-order valence-electron chi connectivity index (χ4n) is 1.78. The van der Waals surface area contributed by atoms with Gasteiger partial charge in [0.05, 0.1) is 13.0 Å². The summed E-state index contributed by atoms with van der Waals surface area (Å²) in [5.74, 6) is 0.0870. The van der Waals surface area contributed by atoms with Crippen LogP contribution in [0.15, 0.2) is 42.5 Å². The van der Waals surface area contributed by atoms with E-state index in [1.807, 2.05) is 0 Å². The Balaban J connectivity index is 1.82. The second-order valence-electron chi connectivity index (χ2n) is 4.63. The van der Waals surface area contributed by atoms with E-state index >= 15 is 0 Å². The highest BCUT2D eigenvalue weighted by Crippen LogP contribution is 2.18. The lowest BCUT2D eigenvalue weighted by Crippen LogP contribution is -2.16. The van der Waals surface area contributed by atoms with Gasteiger partial charge >= 0.3 is 0 Å².